The Morgan fingerprint density at radius 3 is 1.62 bits per heavy atom. The molecule has 1 rings (SSSR count). The molecule has 2 unspecified atom stereocenters. The average Bonchev–Trinajstić information content (AvgIpc) is 2.60. The summed E-state index contributed by atoms with van der Waals surface area (Å²) in [7, 11) is 0. The molecule has 2 atom stereocenters. The van der Waals surface area contributed by atoms with Crippen molar-refractivity contribution < 1.29 is 5.11 Å². The summed E-state index contributed by atoms with van der Waals surface area (Å²) in [4.78, 5) is 0. The maximum Gasteiger partial charge on any atom is 0.0693 e. The largest absolute Gasteiger partial charge is 0.392 e. The molecule has 2 heteroatoms. The Morgan fingerprint density at radius 2 is 1.12 bits per heavy atom. The van der Waals surface area contributed by atoms with Gasteiger partial charge in [-0.05, 0) is 25.8 Å². The van der Waals surface area contributed by atoms with Crippen LogP contribution in [0.1, 0.15) is 122 Å². The third kappa shape index (κ3) is 12.3. The van der Waals surface area contributed by atoms with Gasteiger partial charge in [-0.15, -0.1) is 0 Å². The number of rotatable bonds is 16. The van der Waals surface area contributed by atoms with E-state index in [9.17, 15) is 5.11 Å². The van der Waals surface area contributed by atoms with Crippen molar-refractivity contribution in [3.63, 3.8) is 0 Å². The highest BCUT2D eigenvalue weighted by Crippen LogP contribution is 2.18. The molecule has 0 aliphatic heterocycles. The molecule has 1 aliphatic carbocycles. The van der Waals surface area contributed by atoms with E-state index < -0.39 is 0 Å². The van der Waals surface area contributed by atoms with Crippen LogP contribution < -0.4 is 5.32 Å². The minimum atomic E-state index is -0.0922. The Labute approximate surface area is 152 Å². The predicted octanol–water partition coefficient (Wildman–Crippen LogP) is 6.36. The molecular formula is C22H45NO. The van der Waals surface area contributed by atoms with Gasteiger partial charge in [0.25, 0.3) is 0 Å². The summed E-state index contributed by atoms with van der Waals surface area (Å²) in [5, 5.41) is 13.5. The van der Waals surface area contributed by atoms with Crippen LogP contribution in [0, 0.1) is 0 Å². The van der Waals surface area contributed by atoms with E-state index in [4.69, 9.17) is 0 Å². The van der Waals surface area contributed by atoms with Crippen molar-refractivity contribution in [2.75, 3.05) is 6.54 Å². The minimum absolute atomic E-state index is 0.0922. The van der Waals surface area contributed by atoms with E-state index in [1.165, 1.54) is 109 Å². The van der Waals surface area contributed by atoms with Crippen LogP contribution in [0.15, 0.2) is 0 Å². The Bertz CT molecular complexity index is 256. The van der Waals surface area contributed by atoms with E-state index in [1.807, 2.05) is 0 Å². The molecule has 1 fully saturated rings. The van der Waals surface area contributed by atoms with Gasteiger partial charge in [0.1, 0.15) is 0 Å². The number of unbranched alkanes of at least 4 members (excludes halogenated alkanes) is 13. The van der Waals surface area contributed by atoms with Crippen LogP contribution in [-0.4, -0.2) is 23.8 Å². The summed E-state index contributed by atoms with van der Waals surface area (Å²) in [5.74, 6) is 0. The van der Waals surface area contributed by atoms with E-state index in [2.05, 4.69) is 12.2 Å². The summed E-state index contributed by atoms with van der Waals surface area (Å²) < 4.78 is 0. The summed E-state index contributed by atoms with van der Waals surface area (Å²) in [6.07, 6.45) is 24.4. The van der Waals surface area contributed by atoms with Gasteiger partial charge in [-0.2, -0.15) is 0 Å². The lowest BCUT2D eigenvalue weighted by Crippen LogP contribution is -2.42. The molecule has 0 bridgehead atoms. The first-order valence-electron chi connectivity index (χ1n) is 11.3. The van der Waals surface area contributed by atoms with Crippen molar-refractivity contribution in [3.05, 3.63) is 0 Å². The highest BCUT2D eigenvalue weighted by atomic mass is 16.3. The van der Waals surface area contributed by atoms with E-state index >= 15 is 0 Å². The van der Waals surface area contributed by atoms with E-state index in [0.717, 1.165) is 13.0 Å². The van der Waals surface area contributed by atoms with Gasteiger partial charge < -0.3 is 10.4 Å². The first kappa shape index (κ1) is 22.0. The second-order valence-electron chi connectivity index (χ2n) is 8.01. The standard InChI is InChI=1S/C22H45NO/c1-2-3-4-5-6-7-8-9-10-11-12-13-14-17-20-23-21-18-15-16-19-22(21)24/h21-24H,2-20H2,1H3. The van der Waals surface area contributed by atoms with Crippen molar-refractivity contribution in [1.82, 2.24) is 5.32 Å². The molecule has 0 aromatic carbocycles. The fourth-order valence-electron chi connectivity index (χ4n) is 3.96. The Balaban J connectivity index is 1.72. The fraction of sp³-hybridized carbons (Fsp3) is 1.00. The first-order valence-corrected chi connectivity index (χ1v) is 11.3. The maximum absolute atomic E-state index is 9.92. The van der Waals surface area contributed by atoms with Gasteiger partial charge >= 0.3 is 0 Å². The lowest BCUT2D eigenvalue weighted by atomic mass is 9.92. The van der Waals surface area contributed by atoms with Crippen molar-refractivity contribution in [2.45, 2.75) is 135 Å². The number of aliphatic hydroxyl groups is 1. The molecule has 0 spiro atoms. The molecule has 0 amide bonds. The molecule has 0 aromatic heterocycles. The lowest BCUT2D eigenvalue weighted by molar-refractivity contribution is 0.0909. The molecule has 1 saturated carbocycles. The van der Waals surface area contributed by atoms with Crippen molar-refractivity contribution >= 4 is 0 Å². The van der Waals surface area contributed by atoms with Crippen LogP contribution in [0.4, 0.5) is 0 Å². The smallest absolute Gasteiger partial charge is 0.0693 e. The van der Waals surface area contributed by atoms with E-state index in [0.29, 0.717) is 6.04 Å². The molecule has 2 N–H and O–H groups in total. The molecular weight excluding hydrogens is 294 g/mol. The zero-order valence-electron chi connectivity index (χ0n) is 16.5. The second kappa shape index (κ2) is 16.4. The molecule has 0 saturated heterocycles. The number of hydrogen-bond acceptors (Lipinski definition) is 2. The lowest BCUT2D eigenvalue weighted by Gasteiger charge is -2.28. The quantitative estimate of drug-likeness (QED) is 0.321. The van der Waals surface area contributed by atoms with Crippen molar-refractivity contribution in [2.24, 2.45) is 0 Å². The molecule has 2 nitrogen and oxygen atoms in total. The van der Waals surface area contributed by atoms with Crippen LogP contribution in [0.5, 0.6) is 0 Å². The zero-order chi connectivity index (χ0) is 17.3. The molecule has 144 valence electrons. The number of aliphatic hydroxyl groups excluding tert-OH is 1. The van der Waals surface area contributed by atoms with Gasteiger partial charge in [0.2, 0.25) is 0 Å². The Kier molecular flexibility index (Phi) is 15.0. The van der Waals surface area contributed by atoms with Gasteiger partial charge in [-0.3, -0.25) is 0 Å². The van der Waals surface area contributed by atoms with Crippen LogP contribution in [0.3, 0.4) is 0 Å². The van der Waals surface area contributed by atoms with Crippen LogP contribution in [0.25, 0.3) is 0 Å². The zero-order valence-corrected chi connectivity index (χ0v) is 16.5. The van der Waals surface area contributed by atoms with Crippen LogP contribution >= 0.6 is 0 Å². The minimum Gasteiger partial charge on any atom is -0.392 e. The summed E-state index contributed by atoms with van der Waals surface area (Å²) in [6.45, 7) is 3.39. The second-order valence-corrected chi connectivity index (χ2v) is 8.01. The van der Waals surface area contributed by atoms with Crippen molar-refractivity contribution in [3.8, 4) is 0 Å². The van der Waals surface area contributed by atoms with Gasteiger partial charge in [-0.1, -0.05) is 103 Å². The number of nitrogens with one attached hydrogen (secondary N) is 1. The summed E-state index contributed by atoms with van der Waals surface area (Å²) >= 11 is 0. The van der Waals surface area contributed by atoms with Gasteiger partial charge in [0, 0.05) is 6.04 Å². The summed E-state index contributed by atoms with van der Waals surface area (Å²) in [5.41, 5.74) is 0. The van der Waals surface area contributed by atoms with Gasteiger partial charge in [0.15, 0.2) is 0 Å². The molecule has 0 heterocycles. The number of hydrogen-bond donors (Lipinski definition) is 2. The Morgan fingerprint density at radius 1 is 0.667 bits per heavy atom. The maximum atomic E-state index is 9.92. The molecule has 24 heavy (non-hydrogen) atoms. The Hall–Kier alpha value is -0.0800. The predicted molar refractivity (Wildman–Crippen MR) is 107 cm³/mol. The van der Waals surface area contributed by atoms with Crippen LogP contribution in [-0.2, 0) is 0 Å². The average molecular weight is 340 g/mol. The molecule has 0 radical (unpaired) electrons. The monoisotopic (exact) mass is 339 g/mol. The molecule has 1 aliphatic rings. The highest BCUT2D eigenvalue weighted by Gasteiger charge is 2.21. The van der Waals surface area contributed by atoms with Gasteiger partial charge in [-0.25, -0.2) is 0 Å². The normalized spacial score (nSPS) is 21.2. The fourth-order valence-corrected chi connectivity index (χ4v) is 3.96. The van der Waals surface area contributed by atoms with Gasteiger partial charge in [0.05, 0.1) is 6.10 Å². The highest BCUT2D eigenvalue weighted by molar-refractivity contribution is 4.79. The van der Waals surface area contributed by atoms with Crippen molar-refractivity contribution in [1.29, 1.82) is 0 Å². The summed E-state index contributed by atoms with van der Waals surface area (Å²) in [6, 6.07) is 0.376. The van der Waals surface area contributed by atoms with E-state index in [1.54, 1.807) is 0 Å². The first-order chi connectivity index (χ1) is 11.8. The SMILES string of the molecule is CCCCCCCCCCCCCCCCNC1CCCCC1O. The molecule has 0 aromatic rings. The third-order valence-corrected chi connectivity index (χ3v) is 5.67. The topological polar surface area (TPSA) is 32.3 Å². The van der Waals surface area contributed by atoms with Crippen LogP contribution in [0.2, 0.25) is 0 Å². The third-order valence-electron chi connectivity index (χ3n) is 5.67. The van der Waals surface area contributed by atoms with E-state index in [-0.39, 0.29) is 6.10 Å².